The van der Waals surface area contributed by atoms with E-state index >= 15 is 0 Å². The molecule has 0 unspecified atom stereocenters. The van der Waals surface area contributed by atoms with E-state index in [0.29, 0.717) is 33.5 Å². The fraction of sp³-hybridized carbons (Fsp3) is 0.0870. The van der Waals surface area contributed by atoms with E-state index in [1.54, 1.807) is 49.6 Å². The van der Waals surface area contributed by atoms with Crippen molar-refractivity contribution in [2.24, 2.45) is 0 Å². The second-order valence-corrected chi connectivity index (χ2v) is 6.92. The van der Waals surface area contributed by atoms with Crippen LogP contribution in [0.4, 0.5) is 26.4 Å². The normalized spacial score (nSPS) is 10.5. The third-order valence-electron chi connectivity index (χ3n) is 4.71. The molecule has 0 fully saturated rings. The fourth-order valence-corrected chi connectivity index (χ4v) is 3.05. The predicted octanol–water partition coefficient (Wildman–Crippen LogP) is 4.61. The number of fused-ring (bicyclic) bond motifs is 1. The van der Waals surface area contributed by atoms with E-state index in [9.17, 15) is 14.0 Å². The van der Waals surface area contributed by atoms with E-state index in [-0.39, 0.29) is 17.3 Å². The molecule has 0 aliphatic rings. The topological polar surface area (TPSA) is 115 Å². The van der Waals surface area contributed by atoms with Crippen LogP contribution in [0.1, 0.15) is 15.9 Å². The number of nitrogens with zero attached hydrogens (tertiary/aromatic N) is 3. The standard InChI is InChI=1S/C23H18FN5O4/c1-13-9-17(24)19(11-20(13)33-23(31)32-2)29-21-16-4-3-14(10-18(16)26-12-27-21)22(30)28-15-5-7-25-8-6-15/h3-12H,1-2H3,(H,25,28,30)(H,26,27,29). The molecule has 0 aliphatic heterocycles. The smallest absolute Gasteiger partial charge is 0.437 e. The minimum Gasteiger partial charge on any atom is -0.437 e. The number of rotatable bonds is 5. The first-order valence-corrected chi connectivity index (χ1v) is 9.73. The first-order chi connectivity index (χ1) is 15.9. The highest BCUT2D eigenvalue weighted by Crippen LogP contribution is 2.30. The number of amides is 1. The van der Waals surface area contributed by atoms with E-state index in [1.165, 1.54) is 25.6 Å². The van der Waals surface area contributed by atoms with Crippen molar-refractivity contribution >= 4 is 40.2 Å². The molecule has 2 aromatic carbocycles. The van der Waals surface area contributed by atoms with Crippen LogP contribution in [0.3, 0.4) is 0 Å². The van der Waals surface area contributed by atoms with E-state index in [0.717, 1.165) is 0 Å². The van der Waals surface area contributed by atoms with Gasteiger partial charge in [-0.3, -0.25) is 9.78 Å². The third-order valence-corrected chi connectivity index (χ3v) is 4.71. The van der Waals surface area contributed by atoms with Crippen LogP contribution in [0.25, 0.3) is 10.9 Å². The highest BCUT2D eigenvalue weighted by molar-refractivity contribution is 6.06. The molecule has 33 heavy (non-hydrogen) atoms. The van der Waals surface area contributed by atoms with Gasteiger partial charge in [0.25, 0.3) is 5.91 Å². The molecule has 166 valence electrons. The summed E-state index contributed by atoms with van der Waals surface area (Å²) >= 11 is 0. The molecular formula is C23H18FN5O4. The number of halogens is 1. The number of hydrogen-bond acceptors (Lipinski definition) is 8. The molecule has 4 aromatic rings. The molecule has 0 saturated carbocycles. The van der Waals surface area contributed by atoms with E-state index in [1.807, 2.05) is 0 Å². The Morgan fingerprint density at radius 1 is 1.03 bits per heavy atom. The van der Waals surface area contributed by atoms with Gasteiger partial charge in [-0.05, 0) is 48.9 Å². The summed E-state index contributed by atoms with van der Waals surface area (Å²) < 4.78 is 24.1. The van der Waals surface area contributed by atoms with Gasteiger partial charge in [-0.15, -0.1) is 0 Å². The Kier molecular flexibility index (Phi) is 6.07. The number of benzene rings is 2. The molecule has 9 nitrogen and oxygen atoms in total. The van der Waals surface area contributed by atoms with Gasteiger partial charge in [0.1, 0.15) is 23.7 Å². The van der Waals surface area contributed by atoms with Crippen LogP contribution in [-0.4, -0.2) is 34.1 Å². The lowest BCUT2D eigenvalue weighted by Crippen LogP contribution is -2.12. The van der Waals surface area contributed by atoms with Crippen LogP contribution in [0.15, 0.2) is 61.2 Å². The van der Waals surface area contributed by atoms with Gasteiger partial charge in [0.05, 0.1) is 18.3 Å². The summed E-state index contributed by atoms with van der Waals surface area (Å²) in [5, 5.41) is 6.24. The summed E-state index contributed by atoms with van der Waals surface area (Å²) in [5.74, 6) is -0.428. The Morgan fingerprint density at radius 2 is 1.82 bits per heavy atom. The van der Waals surface area contributed by atoms with Gasteiger partial charge in [-0.1, -0.05) is 0 Å². The summed E-state index contributed by atoms with van der Waals surface area (Å²) in [6.07, 6.45) is 3.54. The van der Waals surface area contributed by atoms with Crippen LogP contribution in [0, 0.1) is 12.7 Å². The summed E-state index contributed by atoms with van der Waals surface area (Å²) in [7, 11) is 1.18. The lowest BCUT2D eigenvalue weighted by atomic mass is 10.1. The van der Waals surface area contributed by atoms with Crippen molar-refractivity contribution in [3.8, 4) is 5.75 Å². The first kappa shape index (κ1) is 21.6. The van der Waals surface area contributed by atoms with Crippen molar-refractivity contribution in [2.45, 2.75) is 6.92 Å². The van der Waals surface area contributed by atoms with Gasteiger partial charge in [-0.2, -0.15) is 0 Å². The van der Waals surface area contributed by atoms with Gasteiger partial charge in [0.15, 0.2) is 0 Å². The molecule has 2 aromatic heterocycles. The Labute approximate surface area is 187 Å². The second kappa shape index (κ2) is 9.27. The maximum atomic E-state index is 14.6. The van der Waals surface area contributed by atoms with Crippen molar-refractivity contribution < 1.29 is 23.5 Å². The Bertz CT molecular complexity index is 1350. The largest absolute Gasteiger partial charge is 0.513 e. The van der Waals surface area contributed by atoms with Crippen LogP contribution >= 0.6 is 0 Å². The second-order valence-electron chi connectivity index (χ2n) is 6.92. The van der Waals surface area contributed by atoms with Gasteiger partial charge in [0, 0.05) is 35.1 Å². The van der Waals surface area contributed by atoms with Crippen LogP contribution in [0.2, 0.25) is 0 Å². The van der Waals surface area contributed by atoms with Crippen molar-refractivity contribution in [3.05, 3.63) is 78.1 Å². The first-order valence-electron chi connectivity index (χ1n) is 9.73. The molecule has 0 bridgehead atoms. The molecule has 2 N–H and O–H groups in total. The molecule has 0 atom stereocenters. The quantitative estimate of drug-likeness (QED) is 0.337. The maximum absolute atomic E-state index is 14.6. The SMILES string of the molecule is COC(=O)Oc1cc(Nc2ncnc3cc(C(=O)Nc4ccncc4)ccc23)c(F)cc1C. The number of aromatic nitrogens is 3. The minimum absolute atomic E-state index is 0.0407. The summed E-state index contributed by atoms with van der Waals surface area (Å²) in [5.41, 5.74) is 1.94. The number of nitrogens with one attached hydrogen (secondary N) is 2. The molecule has 0 saturated heterocycles. The number of carbonyl (C=O) groups is 2. The Morgan fingerprint density at radius 3 is 2.58 bits per heavy atom. The zero-order chi connectivity index (χ0) is 23.4. The summed E-state index contributed by atoms with van der Waals surface area (Å²) in [6, 6.07) is 10.8. The van der Waals surface area contributed by atoms with Crippen molar-refractivity contribution in [1.29, 1.82) is 0 Å². The van der Waals surface area contributed by atoms with Crippen LogP contribution < -0.4 is 15.4 Å². The lowest BCUT2D eigenvalue weighted by molar-refractivity contribution is 0.102. The number of carbonyl (C=O) groups excluding carboxylic acids is 2. The number of methoxy groups -OCH3 is 1. The molecular weight excluding hydrogens is 429 g/mol. The number of anilines is 3. The average Bonchev–Trinajstić information content (AvgIpc) is 2.82. The zero-order valence-corrected chi connectivity index (χ0v) is 17.6. The highest BCUT2D eigenvalue weighted by Gasteiger charge is 2.15. The molecule has 2 heterocycles. The van der Waals surface area contributed by atoms with E-state index in [2.05, 4.69) is 30.3 Å². The van der Waals surface area contributed by atoms with Gasteiger partial charge in [0.2, 0.25) is 0 Å². The molecule has 1 amide bonds. The van der Waals surface area contributed by atoms with Gasteiger partial charge < -0.3 is 20.1 Å². The highest BCUT2D eigenvalue weighted by atomic mass is 19.1. The summed E-state index contributed by atoms with van der Waals surface area (Å²) in [6.45, 7) is 1.60. The Balaban J connectivity index is 1.62. The monoisotopic (exact) mass is 447 g/mol. The maximum Gasteiger partial charge on any atom is 0.513 e. The molecule has 0 aliphatic carbocycles. The van der Waals surface area contributed by atoms with Crippen molar-refractivity contribution in [1.82, 2.24) is 15.0 Å². The van der Waals surface area contributed by atoms with Crippen molar-refractivity contribution in [2.75, 3.05) is 17.7 Å². The summed E-state index contributed by atoms with van der Waals surface area (Å²) in [4.78, 5) is 36.3. The van der Waals surface area contributed by atoms with E-state index in [4.69, 9.17) is 4.74 Å². The Hall–Kier alpha value is -4.60. The predicted molar refractivity (Wildman–Crippen MR) is 119 cm³/mol. The number of ether oxygens (including phenoxy) is 2. The average molecular weight is 447 g/mol. The van der Waals surface area contributed by atoms with Gasteiger partial charge >= 0.3 is 6.16 Å². The molecule has 0 spiro atoms. The third kappa shape index (κ3) is 4.85. The number of hydrogen-bond donors (Lipinski definition) is 2. The molecule has 0 radical (unpaired) electrons. The van der Waals surface area contributed by atoms with Gasteiger partial charge in [-0.25, -0.2) is 19.2 Å². The van der Waals surface area contributed by atoms with E-state index < -0.39 is 12.0 Å². The number of aryl methyl sites for hydroxylation is 1. The van der Waals surface area contributed by atoms with Crippen molar-refractivity contribution in [3.63, 3.8) is 0 Å². The molecule has 4 rings (SSSR count). The number of pyridine rings is 1. The lowest BCUT2D eigenvalue weighted by Gasteiger charge is -2.13. The minimum atomic E-state index is -0.916. The molecule has 10 heteroatoms. The van der Waals surface area contributed by atoms with Crippen LogP contribution in [-0.2, 0) is 4.74 Å². The zero-order valence-electron chi connectivity index (χ0n) is 17.6. The fourth-order valence-electron chi connectivity index (χ4n) is 3.05. The van der Waals surface area contributed by atoms with Crippen LogP contribution in [0.5, 0.6) is 5.75 Å².